The zero-order valence-electron chi connectivity index (χ0n) is 8.97. The summed E-state index contributed by atoms with van der Waals surface area (Å²) in [6.07, 6.45) is 0.905. The quantitative estimate of drug-likeness (QED) is 0.714. The standard InChI is InChI=1S/C12H12ClN3/c1-14-6-11-15-10-5-7-4-8(13)2-3-9(7)12(10)16-11/h2-4,14H,5-6H2,1H3,(H,15,16). The van der Waals surface area contributed by atoms with Gasteiger partial charge in [0.2, 0.25) is 0 Å². The summed E-state index contributed by atoms with van der Waals surface area (Å²) in [5.41, 5.74) is 4.75. The van der Waals surface area contributed by atoms with Gasteiger partial charge in [-0.1, -0.05) is 17.7 Å². The molecule has 1 aromatic heterocycles. The van der Waals surface area contributed by atoms with Crippen molar-refractivity contribution in [3.8, 4) is 11.3 Å². The highest BCUT2D eigenvalue weighted by molar-refractivity contribution is 6.30. The fourth-order valence-electron chi connectivity index (χ4n) is 2.20. The fourth-order valence-corrected chi connectivity index (χ4v) is 2.39. The molecule has 0 atom stereocenters. The highest BCUT2D eigenvalue weighted by atomic mass is 35.5. The minimum atomic E-state index is 0.774. The molecule has 3 nitrogen and oxygen atoms in total. The van der Waals surface area contributed by atoms with Gasteiger partial charge in [-0.15, -0.1) is 0 Å². The average molecular weight is 234 g/mol. The van der Waals surface area contributed by atoms with Gasteiger partial charge in [0.15, 0.2) is 0 Å². The first kappa shape index (κ1) is 9.87. The summed E-state index contributed by atoms with van der Waals surface area (Å²) in [4.78, 5) is 7.93. The number of H-pyrrole nitrogens is 1. The molecule has 0 radical (unpaired) electrons. The van der Waals surface area contributed by atoms with E-state index in [1.165, 1.54) is 16.8 Å². The summed E-state index contributed by atoms with van der Waals surface area (Å²) in [5, 5.41) is 3.88. The molecule has 0 spiro atoms. The summed E-state index contributed by atoms with van der Waals surface area (Å²) in [7, 11) is 1.92. The van der Waals surface area contributed by atoms with E-state index in [0.717, 1.165) is 29.5 Å². The molecule has 2 N–H and O–H groups in total. The van der Waals surface area contributed by atoms with Crippen LogP contribution in [0.4, 0.5) is 0 Å². The lowest BCUT2D eigenvalue weighted by Gasteiger charge is -1.99. The summed E-state index contributed by atoms with van der Waals surface area (Å²) in [5.74, 6) is 0.994. The number of benzene rings is 1. The van der Waals surface area contributed by atoms with Crippen LogP contribution in [-0.2, 0) is 13.0 Å². The van der Waals surface area contributed by atoms with E-state index in [1.54, 1.807) is 0 Å². The molecule has 82 valence electrons. The Kier molecular flexibility index (Phi) is 2.23. The maximum absolute atomic E-state index is 5.97. The predicted molar refractivity (Wildman–Crippen MR) is 64.6 cm³/mol. The first-order chi connectivity index (χ1) is 7.78. The normalized spacial score (nSPS) is 12.6. The van der Waals surface area contributed by atoms with Gasteiger partial charge in [-0.05, 0) is 24.7 Å². The van der Waals surface area contributed by atoms with Gasteiger partial charge in [0.25, 0.3) is 0 Å². The molecule has 0 saturated heterocycles. The molecule has 3 rings (SSSR count). The number of rotatable bonds is 2. The molecule has 0 saturated carbocycles. The van der Waals surface area contributed by atoms with E-state index in [4.69, 9.17) is 11.6 Å². The number of hydrogen-bond acceptors (Lipinski definition) is 2. The number of hydrogen-bond donors (Lipinski definition) is 2. The first-order valence-electron chi connectivity index (χ1n) is 5.29. The molecule has 16 heavy (non-hydrogen) atoms. The Bertz CT molecular complexity index is 545. The third-order valence-electron chi connectivity index (χ3n) is 2.86. The number of nitrogens with one attached hydrogen (secondary N) is 2. The van der Waals surface area contributed by atoms with E-state index in [1.807, 2.05) is 25.2 Å². The van der Waals surface area contributed by atoms with Crippen molar-refractivity contribution in [2.24, 2.45) is 0 Å². The summed E-state index contributed by atoms with van der Waals surface area (Å²) < 4.78 is 0. The van der Waals surface area contributed by atoms with Crippen LogP contribution in [0.3, 0.4) is 0 Å². The van der Waals surface area contributed by atoms with Crippen LogP contribution in [0.15, 0.2) is 18.2 Å². The Labute approximate surface area is 98.9 Å². The highest BCUT2D eigenvalue weighted by Gasteiger charge is 2.22. The molecule has 2 aromatic rings. The van der Waals surface area contributed by atoms with Crippen LogP contribution in [0.1, 0.15) is 17.1 Å². The van der Waals surface area contributed by atoms with E-state index >= 15 is 0 Å². The topological polar surface area (TPSA) is 40.7 Å². The van der Waals surface area contributed by atoms with Crippen LogP contribution >= 0.6 is 11.6 Å². The molecule has 4 heteroatoms. The van der Waals surface area contributed by atoms with Crippen LogP contribution in [0.5, 0.6) is 0 Å². The molecule has 0 unspecified atom stereocenters. The molecule has 1 aliphatic rings. The van der Waals surface area contributed by atoms with E-state index in [-0.39, 0.29) is 0 Å². The number of aromatic amines is 1. The van der Waals surface area contributed by atoms with E-state index in [9.17, 15) is 0 Å². The maximum atomic E-state index is 5.97. The SMILES string of the molecule is CNCc1nc2c([nH]1)Cc1cc(Cl)ccc1-2. The number of nitrogens with zero attached hydrogens (tertiary/aromatic N) is 1. The third kappa shape index (κ3) is 1.44. The van der Waals surface area contributed by atoms with Crippen molar-refractivity contribution < 1.29 is 0 Å². The van der Waals surface area contributed by atoms with Crippen molar-refractivity contribution in [3.63, 3.8) is 0 Å². The molecule has 0 amide bonds. The van der Waals surface area contributed by atoms with Crippen molar-refractivity contribution in [2.45, 2.75) is 13.0 Å². The van der Waals surface area contributed by atoms with Gasteiger partial charge in [0.1, 0.15) is 5.82 Å². The zero-order chi connectivity index (χ0) is 11.1. The van der Waals surface area contributed by atoms with Crippen LogP contribution in [0.25, 0.3) is 11.3 Å². The van der Waals surface area contributed by atoms with Gasteiger partial charge in [-0.25, -0.2) is 4.98 Å². The zero-order valence-corrected chi connectivity index (χ0v) is 9.73. The Morgan fingerprint density at radius 1 is 1.50 bits per heavy atom. The molecular formula is C12H12ClN3. The number of imidazole rings is 1. The third-order valence-corrected chi connectivity index (χ3v) is 3.10. The van der Waals surface area contributed by atoms with Crippen molar-refractivity contribution in [1.82, 2.24) is 15.3 Å². The van der Waals surface area contributed by atoms with Gasteiger partial charge in [0, 0.05) is 22.7 Å². The van der Waals surface area contributed by atoms with E-state index in [0.29, 0.717) is 0 Å². The summed E-state index contributed by atoms with van der Waals surface area (Å²) in [6.45, 7) is 0.774. The maximum Gasteiger partial charge on any atom is 0.121 e. The molecule has 1 aromatic carbocycles. The van der Waals surface area contributed by atoms with Crippen molar-refractivity contribution in [2.75, 3.05) is 7.05 Å². The average Bonchev–Trinajstić information content (AvgIpc) is 2.74. The Balaban J connectivity index is 2.06. The Morgan fingerprint density at radius 3 is 3.19 bits per heavy atom. The Hall–Kier alpha value is -1.32. The number of fused-ring (bicyclic) bond motifs is 3. The minimum absolute atomic E-state index is 0.774. The minimum Gasteiger partial charge on any atom is -0.344 e. The number of halogens is 1. The largest absolute Gasteiger partial charge is 0.344 e. The lowest BCUT2D eigenvalue weighted by atomic mass is 10.1. The van der Waals surface area contributed by atoms with Crippen molar-refractivity contribution in [1.29, 1.82) is 0 Å². The molecule has 0 fully saturated rings. The first-order valence-corrected chi connectivity index (χ1v) is 5.67. The van der Waals surface area contributed by atoms with E-state index < -0.39 is 0 Å². The van der Waals surface area contributed by atoms with Gasteiger partial charge in [-0.3, -0.25) is 0 Å². The smallest absolute Gasteiger partial charge is 0.121 e. The Morgan fingerprint density at radius 2 is 2.38 bits per heavy atom. The lowest BCUT2D eigenvalue weighted by molar-refractivity contribution is 0.769. The molecule has 1 heterocycles. The molecular weight excluding hydrogens is 222 g/mol. The second kappa shape index (κ2) is 3.61. The molecule has 0 aliphatic heterocycles. The second-order valence-corrected chi connectivity index (χ2v) is 4.46. The van der Waals surface area contributed by atoms with Gasteiger partial charge in [-0.2, -0.15) is 0 Å². The highest BCUT2D eigenvalue weighted by Crippen LogP contribution is 2.36. The van der Waals surface area contributed by atoms with E-state index in [2.05, 4.69) is 15.3 Å². The van der Waals surface area contributed by atoms with Crippen molar-refractivity contribution in [3.05, 3.63) is 40.3 Å². The lowest BCUT2D eigenvalue weighted by Crippen LogP contribution is -2.06. The van der Waals surface area contributed by atoms with Crippen LogP contribution in [-0.4, -0.2) is 17.0 Å². The summed E-state index contributed by atoms with van der Waals surface area (Å²) >= 11 is 5.97. The fraction of sp³-hybridized carbons (Fsp3) is 0.250. The predicted octanol–water partition coefficient (Wildman–Crippen LogP) is 2.35. The number of aromatic nitrogens is 2. The second-order valence-electron chi connectivity index (χ2n) is 4.02. The monoisotopic (exact) mass is 233 g/mol. The summed E-state index contributed by atoms with van der Waals surface area (Å²) in [6, 6.07) is 5.99. The van der Waals surface area contributed by atoms with Crippen molar-refractivity contribution >= 4 is 11.6 Å². The van der Waals surface area contributed by atoms with Gasteiger partial charge < -0.3 is 10.3 Å². The van der Waals surface area contributed by atoms with Crippen LogP contribution < -0.4 is 5.32 Å². The molecule has 1 aliphatic carbocycles. The molecule has 0 bridgehead atoms. The van der Waals surface area contributed by atoms with Crippen LogP contribution in [0.2, 0.25) is 5.02 Å². The van der Waals surface area contributed by atoms with Gasteiger partial charge in [0.05, 0.1) is 12.2 Å². The van der Waals surface area contributed by atoms with Gasteiger partial charge >= 0.3 is 0 Å². The van der Waals surface area contributed by atoms with Crippen LogP contribution in [0, 0.1) is 0 Å².